The molecule has 0 fully saturated rings. The van der Waals surface area contributed by atoms with Crippen molar-refractivity contribution in [3.05, 3.63) is 77.7 Å². The van der Waals surface area contributed by atoms with E-state index in [0.29, 0.717) is 0 Å². The van der Waals surface area contributed by atoms with Gasteiger partial charge in [-0.15, -0.1) is 0 Å². The molecule has 2 atom stereocenters. The van der Waals surface area contributed by atoms with E-state index in [4.69, 9.17) is 9.15 Å². The second kappa shape index (κ2) is 10.5. The maximum atomic E-state index is 12.7. The zero-order valence-corrected chi connectivity index (χ0v) is 19.6. The number of anilines is 1. The van der Waals surface area contributed by atoms with Crippen LogP contribution in [0.3, 0.4) is 0 Å². The molecule has 2 amide bonds. The minimum absolute atomic E-state index is 0.0999. The largest absolute Gasteiger partial charge is 0.480 e. The molecule has 0 radical (unpaired) electrons. The Hall–Kier alpha value is -4.07. The molecule has 4 rings (SSSR count). The summed E-state index contributed by atoms with van der Waals surface area (Å²) < 4.78 is 10.8. The summed E-state index contributed by atoms with van der Waals surface area (Å²) in [6, 6.07) is 16.4. The minimum Gasteiger partial charge on any atom is -0.480 e. The van der Waals surface area contributed by atoms with Gasteiger partial charge in [-0.05, 0) is 34.6 Å². The lowest BCUT2D eigenvalue weighted by Crippen LogP contribution is -2.42. The van der Waals surface area contributed by atoms with Gasteiger partial charge in [0.1, 0.15) is 12.6 Å². The number of ether oxygens (including phenoxy) is 1. The van der Waals surface area contributed by atoms with E-state index in [1.54, 1.807) is 0 Å². The maximum absolute atomic E-state index is 12.7. The fraction of sp³-hybridized carbons (Fsp3) is 0.296. The third kappa shape index (κ3) is 5.21. The number of hydrogen-bond acceptors (Lipinski definition) is 5. The lowest BCUT2D eigenvalue weighted by molar-refractivity contribution is -0.139. The van der Waals surface area contributed by atoms with Crippen molar-refractivity contribution in [3.8, 4) is 11.1 Å². The van der Waals surface area contributed by atoms with Crippen molar-refractivity contribution in [1.29, 1.82) is 0 Å². The molecule has 2 unspecified atom stereocenters. The molecule has 35 heavy (non-hydrogen) atoms. The highest BCUT2D eigenvalue weighted by molar-refractivity contribution is 6.01. The molecule has 0 spiro atoms. The van der Waals surface area contributed by atoms with Crippen LogP contribution in [0, 0.1) is 5.92 Å². The first-order valence-electron chi connectivity index (χ1n) is 11.6. The predicted molar refractivity (Wildman–Crippen MR) is 130 cm³/mol. The molecule has 3 N–H and O–H groups in total. The van der Waals surface area contributed by atoms with E-state index in [0.717, 1.165) is 28.7 Å². The van der Waals surface area contributed by atoms with Gasteiger partial charge in [-0.25, -0.2) is 9.59 Å². The van der Waals surface area contributed by atoms with Gasteiger partial charge < -0.3 is 19.6 Å². The fourth-order valence-corrected chi connectivity index (χ4v) is 4.34. The molecule has 2 aromatic carbocycles. The van der Waals surface area contributed by atoms with E-state index in [9.17, 15) is 19.5 Å². The highest BCUT2D eigenvalue weighted by Crippen LogP contribution is 2.44. The number of aliphatic carboxylic acids is 1. The van der Waals surface area contributed by atoms with Gasteiger partial charge in [-0.2, -0.15) is 0 Å². The molecule has 1 aliphatic carbocycles. The predicted octanol–water partition coefficient (Wildman–Crippen LogP) is 5.26. The van der Waals surface area contributed by atoms with Crippen molar-refractivity contribution in [2.75, 3.05) is 11.9 Å². The normalized spacial score (nSPS) is 13.9. The van der Waals surface area contributed by atoms with Gasteiger partial charge in [0.15, 0.2) is 0 Å². The molecule has 0 aliphatic heterocycles. The fourth-order valence-electron chi connectivity index (χ4n) is 4.34. The van der Waals surface area contributed by atoms with Crippen molar-refractivity contribution in [2.45, 2.75) is 38.6 Å². The van der Waals surface area contributed by atoms with Crippen LogP contribution in [0.4, 0.5) is 10.5 Å². The van der Waals surface area contributed by atoms with Crippen LogP contribution < -0.4 is 10.6 Å². The van der Waals surface area contributed by atoms with Crippen LogP contribution in [0.15, 0.2) is 65.3 Å². The van der Waals surface area contributed by atoms with E-state index in [1.807, 2.05) is 50.2 Å². The summed E-state index contributed by atoms with van der Waals surface area (Å²) in [4.78, 5) is 36.8. The van der Waals surface area contributed by atoms with Crippen LogP contribution in [0.1, 0.15) is 54.3 Å². The molecule has 8 heteroatoms. The first kappa shape index (κ1) is 24.1. The van der Waals surface area contributed by atoms with Crippen molar-refractivity contribution in [3.63, 3.8) is 0 Å². The van der Waals surface area contributed by atoms with Crippen molar-refractivity contribution in [1.82, 2.24) is 5.32 Å². The molecular weight excluding hydrogens is 448 g/mol. The smallest absolute Gasteiger partial charge is 0.411 e. The number of benzene rings is 2. The highest BCUT2D eigenvalue weighted by Gasteiger charge is 2.30. The number of carbonyl (C=O) groups is 3. The second-order valence-electron chi connectivity index (χ2n) is 8.73. The second-order valence-corrected chi connectivity index (χ2v) is 8.73. The van der Waals surface area contributed by atoms with E-state index in [2.05, 4.69) is 22.8 Å². The molecular formula is C27H28N2O6. The highest BCUT2D eigenvalue weighted by atomic mass is 16.5. The Morgan fingerprint density at radius 2 is 1.66 bits per heavy atom. The van der Waals surface area contributed by atoms with Gasteiger partial charge >= 0.3 is 12.1 Å². The molecule has 1 heterocycles. The zero-order chi connectivity index (χ0) is 24.9. The first-order chi connectivity index (χ1) is 16.9. The molecule has 0 saturated carbocycles. The zero-order valence-electron chi connectivity index (χ0n) is 19.6. The van der Waals surface area contributed by atoms with Gasteiger partial charge in [0.2, 0.25) is 5.76 Å². The summed E-state index contributed by atoms with van der Waals surface area (Å²) in [5.74, 6) is -2.02. The van der Waals surface area contributed by atoms with Crippen LogP contribution in [0.5, 0.6) is 0 Å². The molecule has 182 valence electrons. The van der Waals surface area contributed by atoms with E-state index in [1.165, 1.54) is 12.3 Å². The Balaban J connectivity index is 1.40. The van der Waals surface area contributed by atoms with Crippen LogP contribution in [-0.2, 0) is 9.53 Å². The number of hydrogen-bond donors (Lipinski definition) is 3. The Morgan fingerprint density at radius 3 is 2.26 bits per heavy atom. The number of furan rings is 1. The topological polar surface area (TPSA) is 118 Å². The summed E-state index contributed by atoms with van der Waals surface area (Å²) in [6.07, 6.45) is 1.58. The van der Waals surface area contributed by atoms with Gasteiger partial charge in [0, 0.05) is 12.0 Å². The third-order valence-corrected chi connectivity index (χ3v) is 6.39. The molecule has 8 nitrogen and oxygen atoms in total. The van der Waals surface area contributed by atoms with Crippen LogP contribution in [0.2, 0.25) is 0 Å². The van der Waals surface area contributed by atoms with Crippen molar-refractivity contribution < 1.29 is 28.6 Å². The van der Waals surface area contributed by atoms with Gasteiger partial charge in [0.25, 0.3) is 5.91 Å². The number of amides is 2. The molecule has 1 aliphatic rings. The first-order valence-corrected chi connectivity index (χ1v) is 11.6. The average Bonchev–Trinajstić information content (AvgIpc) is 3.44. The Kier molecular flexibility index (Phi) is 7.19. The SMILES string of the molecule is CCC(C)CC(NC(=O)c1occc1NC(=O)OCC1c2ccccc2-c2ccccc21)C(=O)O. The number of rotatable bonds is 9. The van der Waals surface area contributed by atoms with Crippen LogP contribution in [0.25, 0.3) is 11.1 Å². The lowest BCUT2D eigenvalue weighted by Gasteiger charge is -2.17. The molecule has 3 aromatic rings. The molecule has 0 bridgehead atoms. The molecule has 0 saturated heterocycles. The monoisotopic (exact) mass is 476 g/mol. The van der Waals surface area contributed by atoms with E-state index in [-0.39, 0.29) is 36.3 Å². The number of carbonyl (C=O) groups excluding carboxylic acids is 2. The summed E-state index contributed by atoms with van der Waals surface area (Å²) in [6.45, 7) is 3.99. The Morgan fingerprint density at radius 1 is 1.03 bits per heavy atom. The number of carboxylic acid groups (broad SMARTS) is 1. The van der Waals surface area contributed by atoms with Crippen LogP contribution >= 0.6 is 0 Å². The third-order valence-electron chi connectivity index (χ3n) is 6.39. The lowest BCUT2D eigenvalue weighted by atomic mass is 9.98. The van der Waals surface area contributed by atoms with Gasteiger partial charge in [-0.3, -0.25) is 10.1 Å². The minimum atomic E-state index is -1.13. The summed E-state index contributed by atoms with van der Waals surface area (Å²) in [5, 5.41) is 14.5. The molecule has 1 aromatic heterocycles. The number of fused-ring (bicyclic) bond motifs is 3. The summed E-state index contributed by atoms with van der Waals surface area (Å²) in [5.41, 5.74) is 4.52. The van der Waals surface area contributed by atoms with Gasteiger partial charge in [-0.1, -0.05) is 68.8 Å². The standard InChI is InChI=1S/C27H28N2O6/c1-3-16(2)14-23(26(31)32)28-25(30)24-22(12-13-34-24)29-27(33)35-15-21-19-10-6-4-8-17(19)18-9-5-7-11-20(18)21/h4-13,16,21,23H,3,14-15H2,1-2H3,(H,28,30)(H,29,33)(H,31,32). The Bertz CT molecular complexity index is 1190. The van der Waals surface area contributed by atoms with Crippen LogP contribution in [-0.4, -0.2) is 35.7 Å². The quantitative estimate of drug-likeness (QED) is 0.388. The van der Waals surface area contributed by atoms with Crippen molar-refractivity contribution in [2.24, 2.45) is 5.92 Å². The van der Waals surface area contributed by atoms with E-state index >= 15 is 0 Å². The summed E-state index contributed by atoms with van der Waals surface area (Å²) in [7, 11) is 0. The van der Waals surface area contributed by atoms with Crippen molar-refractivity contribution >= 4 is 23.7 Å². The number of nitrogens with one attached hydrogen (secondary N) is 2. The van der Waals surface area contributed by atoms with E-state index < -0.39 is 24.0 Å². The maximum Gasteiger partial charge on any atom is 0.411 e. The Labute approximate surface area is 203 Å². The summed E-state index contributed by atoms with van der Waals surface area (Å²) >= 11 is 0. The average molecular weight is 477 g/mol. The number of carboxylic acids is 1. The van der Waals surface area contributed by atoms with Gasteiger partial charge in [0.05, 0.1) is 12.0 Å².